The second kappa shape index (κ2) is 6.95. The number of hydrogen-bond acceptors (Lipinski definition) is 3. The first-order chi connectivity index (χ1) is 8.47. The van der Waals surface area contributed by atoms with E-state index < -0.39 is 6.10 Å². The Morgan fingerprint density at radius 2 is 2.00 bits per heavy atom. The average molecular weight is 258 g/mol. The van der Waals surface area contributed by atoms with Gasteiger partial charge >= 0.3 is 6.03 Å². The molecule has 106 valence electrons. The molecule has 0 bridgehead atoms. The maximum absolute atomic E-state index is 12.4. The van der Waals surface area contributed by atoms with Gasteiger partial charge in [-0.1, -0.05) is 0 Å². The molecular formula is C13H26N2O3. The Hall–Kier alpha value is -0.810. The van der Waals surface area contributed by atoms with Gasteiger partial charge in [-0.2, -0.15) is 0 Å². The van der Waals surface area contributed by atoms with Crippen molar-refractivity contribution in [1.29, 1.82) is 0 Å². The van der Waals surface area contributed by atoms with Crippen molar-refractivity contribution in [2.24, 2.45) is 0 Å². The number of likely N-dealkylation sites (N-methyl/N-ethyl adjacent to an activating group) is 1. The van der Waals surface area contributed by atoms with Crippen molar-refractivity contribution < 1.29 is 14.6 Å². The Kier molecular flexibility index (Phi) is 5.88. The van der Waals surface area contributed by atoms with E-state index >= 15 is 0 Å². The lowest BCUT2D eigenvalue weighted by Gasteiger charge is -2.41. The molecule has 1 aliphatic heterocycles. The number of piperidine rings is 1. The topological polar surface area (TPSA) is 53.0 Å². The molecular weight excluding hydrogens is 232 g/mol. The maximum Gasteiger partial charge on any atom is 0.320 e. The van der Waals surface area contributed by atoms with E-state index in [2.05, 4.69) is 13.8 Å². The summed E-state index contributed by atoms with van der Waals surface area (Å²) in [6, 6.07) is 0.566. The zero-order valence-electron chi connectivity index (χ0n) is 11.9. The van der Waals surface area contributed by atoms with E-state index in [1.165, 1.54) is 6.42 Å². The van der Waals surface area contributed by atoms with Gasteiger partial charge in [-0.05, 0) is 33.1 Å². The molecule has 0 aromatic rings. The first-order valence-electron chi connectivity index (χ1n) is 6.67. The highest BCUT2D eigenvalue weighted by Gasteiger charge is 2.31. The molecule has 0 aliphatic carbocycles. The minimum absolute atomic E-state index is 0.00449. The summed E-state index contributed by atoms with van der Waals surface area (Å²) >= 11 is 0. The lowest BCUT2D eigenvalue weighted by molar-refractivity contribution is 0.0382. The minimum Gasteiger partial charge on any atom is -0.389 e. The van der Waals surface area contributed by atoms with Gasteiger partial charge in [0.1, 0.15) is 0 Å². The largest absolute Gasteiger partial charge is 0.389 e. The zero-order valence-corrected chi connectivity index (χ0v) is 11.9. The normalized spacial score (nSPS) is 25.9. The molecule has 1 heterocycles. The van der Waals surface area contributed by atoms with E-state index in [0.717, 1.165) is 12.8 Å². The van der Waals surface area contributed by atoms with Crippen molar-refractivity contribution in [3.8, 4) is 0 Å². The molecule has 1 saturated heterocycles. The molecule has 3 atom stereocenters. The van der Waals surface area contributed by atoms with Crippen LogP contribution in [-0.4, -0.2) is 66.4 Å². The Morgan fingerprint density at radius 3 is 2.50 bits per heavy atom. The molecule has 3 unspecified atom stereocenters. The third kappa shape index (κ3) is 3.85. The summed E-state index contributed by atoms with van der Waals surface area (Å²) in [7, 11) is 3.27. The predicted octanol–water partition coefficient (Wildman–Crippen LogP) is 1.31. The average Bonchev–Trinajstić information content (AvgIpc) is 2.28. The van der Waals surface area contributed by atoms with Gasteiger partial charge in [0, 0.05) is 26.2 Å². The molecule has 1 N–H and O–H groups in total. The van der Waals surface area contributed by atoms with Crippen LogP contribution in [0.2, 0.25) is 0 Å². The van der Waals surface area contributed by atoms with Gasteiger partial charge in [0.15, 0.2) is 0 Å². The molecule has 18 heavy (non-hydrogen) atoms. The maximum atomic E-state index is 12.4. The summed E-state index contributed by atoms with van der Waals surface area (Å²) in [6.07, 6.45) is 2.68. The van der Waals surface area contributed by atoms with Crippen molar-refractivity contribution >= 4 is 6.03 Å². The summed E-state index contributed by atoms with van der Waals surface area (Å²) in [6.45, 7) is 4.74. The van der Waals surface area contributed by atoms with Gasteiger partial charge < -0.3 is 19.6 Å². The fourth-order valence-electron chi connectivity index (χ4n) is 2.63. The number of aliphatic hydroxyl groups is 1. The third-order valence-corrected chi connectivity index (χ3v) is 3.58. The monoisotopic (exact) mass is 258 g/mol. The summed E-state index contributed by atoms with van der Waals surface area (Å²) in [5.74, 6) is 0. The molecule has 1 fully saturated rings. The number of carbonyl (C=O) groups is 1. The number of urea groups is 1. The first kappa shape index (κ1) is 15.2. The lowest BCUT2D eigenvalue weighted by atomic mass is 9.98. The van der Waals surface area contributed by atoms with Crippen LogP contribution < -0.4 is 0 Å². The first-order valence-corrected chi connectivity index (χ1v) is 6.67. The van der Waals surface area contributed by atoms with Crippen LogP contribution in [0, 0.1) is 0 Å². The molecule has 1 aliphatic rings. The Labute approximate surface area is 110 Å². The third-order valence-electron chi connectivity index (χ3n) is 3.58. The molecule has 2 amide bonds. The fourth-order valence-corrected chi connectivity index (χ4v) is 2.63. The van der Waals surface area contributed by atoms with E-state index in [9.17, 15) is 9.90 Å². The van der Waals surface area contributed by atoms with Gasteiger partial charge in [-0.25, -0.2) is 4.79 Å². The van der Waals surface area contributed by atoms with Crippen molar-refractivity contribution in [2.45, 2.75) is 51.3 Å². The van der Waals surface area contributed by atoms with Crippen LogP contribution in [0.15, 0.2) is 0 Å². The van der Waals surface area contributed by atoms with Crippen LogP contribution >= 0.6 is 0 Å². The lowest BCUT2D eigenvalue weighted by Crippen LogP contribution is -2.53. The van der Waals surface area contributed by atoms with Crippen LogP contribution in [0.25, 0.3) is 0 Å². The molecule has 5 heteroatoms. The molecule has 0 spiro atoms. The summed E-state index contributed by atoms with van der Waals surface area (Å²) < 4.78 is 4.87. The predicted molar refractivity (Wildman–Crippen MR) is 70.5 cm³/mol. The number of carbonyl (C=O) groups excluding carboxylic acids is 1. The summed E-state index contributed by atoms with van der Waals surface area (Å²) in [5, 5.41) is 9.66. The van der Waals surface area contributed by atoms with Gasteiger partial charge in [0.25, 0.3) is 0 Å². The number of methoxy groups -OCH3 is 1. The Bertz CT molecular complexity index is 263. The van der Waals surface area contributed by atoms with Crippen LogP contribution in [-0.2, 0) is 4.74 Å². The van der Waals surface area contributed by atoms with E-state index in [1.807, 2.05) is 4.90 Å². The number of rotatable bonds is 4. The Morgan fingerprint density at radius 1 is 1.44 bits per heavy atom. The van der Waals surface area contributed by atoms with Gasteiger partial charge in [0.2, 0.25) is 0 Å². The number of nitrogens with zero attached hydrogens (tertiary/aromatic N) is 2. The highest BCUT2D eigenvalue weighted by Crippen LogP contribution is 2.23. The molecule has 0 aromatic carbocycles. The second-order valence-electron chi connectivity index (χ2n) is 5.31. The smallest absolute Gasteiger partial charge is 0.320 e. The second-order valence-corrected chi connectivity index (χ2v) is 5.31. The summed E-state index contributed by atoms with van der Waals surface area (Å²) in [5.41, 5.74) is 0. The molecule has 5 nitrogen and oxygen atoms in total. The minimum atomic E-state index is -0.626. The summed E-state index contributed by atoms with van der Waals surface area (Å²) in [4.78, 5) is 15.9. The van der Waals surface area contributed by atoms with E-state index in [0.29, 0.717) is 6.54 Å². The molecule has 1 rings (SSSR count). The molecule has 0 aromatic heterocycles. The van der Waals surface area contributed by atoms with E-state index in [1.54, 1.807) is 19.1 Å². The van der Waals surface area contributed by atoms with Crippen molar-refractivity contribution in [3.63, 3.8) is 0 Å². The highest BCUT2D eigenvalue weighted by molar-refractivity contribution is 5.75. The quantitative estimate of drug-likeness (QED) is 0.827. The van der Waals surface area contributed by atoms with Crippen molar-refractivity contribution in [3.05, 3.63) is 0 Å². The van der Waals surface area contributed by atoms with Crippen LogP contribution in [0.3, 0.4) is 0 Å². The van der Waals surface area contributed by atoms with E-state index in [-0.39, 0.29) is 24.7 Å². The standard InChI is InChI=1S/C13H26N2O3/c1-10-6-5-7-11(2)15(10)13(17)14(3)8-12(16)9-18-4/h10-12,16H,5-9H2,1-4H3. The van der Waals surface area contributed by atoms with Crippen LogP contribution in [0.5, 0.6) is 0 Å². The van der Waals surface area contributed by atoms with Gasteiger partial charge in [0.05, 0.1) is 19.3 Å². The SMILES string of the molecule is COCC(O)CN(C)C(=O)N1C(C)CCCC1C. The molecule has 0 radical (unpaired) electrons. The Balaban J connectivity index is 2.56. The van der Waals surface area contributed by atoms with Crippen LogP contribution in [0.4, 0.5) is 4.79 Å². The number of aliphatic hydroxyl groups excluding tert-OH is 1. The zero-order chi connectivity index (χ0) is 13.7. The van der Waals surface area contributed by atoms with Gasteiger partial charge in [-0.3, -0.25) is 0 Å². The number of ether oxygens (including phenoxy) is 1. The van der Waals surface area contributed by atoms with Gasteiger partial charge in [-0.15, -0.1) is 0 Å². The van der Waals surface area contributed by atoms with Crippen molar-refractivity contribution in [2.75, 3.05) is 27.3 Å². The fraction of sp³-hybridized carbons (Fsp3) is 0.923. The number of likely N-dealkylation sites (tertiary alicyclic amines) is 1. The van der Waals surface area contributed by atoms with Crippen molar-refractivity contribution in [1.82, 2.24) is 9.80 Å². The highest BCUT2D eigenvalue weighted by atomic mass is 16.5. The number of hydrogen-bond donors (Lipinski definition) is 1. The number of amides is 2. The van der Waals surface area contributed by atoms with Crippen LogP contribution in [0.1, 0.15) is 33.1 Å². The molecule has 0 saturated carbocycles. The van der Waals surface area contributed by atoms with E-state index in [4.69, 9.17) is 4.74 Å².